The Morgan fingerprint density at radius 2 is 1.96 bits per heavy atom. The van der Waals surface area contributed by atoms with Crippen molar-refractivity contribution in [3.05, 3.63) is 29.2 Å². The minimum atomic E-state index is -0.230. The molecule has 142 valence electrons. The van der Waals surface area contributed by atoms with Crippen LogP contribution in [0.3, 0.4) is 0 Å². The number of aromatic nitrogens is 2. The first-order chi connectivity index (χ1) is 12.0. The number of anilines is 1. The Kier molecular flexibility index (Phi) is 5.04. The monoisotopic (exact) mass is 377 g/mol. The van der Waals surface area contributed by atoms with E-state index in [1.807, 2.05) is 29.6 Å². The third-order valence-corrected chi connectivity index (χ3v) is 5.55. The summed E-state index contributed by atoms with van der Waals surface area (Å²) in [5, 5.41) is 14.7. The van der Waals surface area contributed by atoms with Crippen LogP contribution in [0.5, 0.6) is 0 Å². The van der Waals surface area contributed by atoms with E-state index in [1.165, 1.54) is 0 Å². The third kappa shape index (κ3) is 4.20. The van der Waals surface area contributed by atoms with E-state index in [0.29, 0.717) is 26.2 Å². The largest absolute Gasteiger partial charge is 0.633 e. The van der Waals surface area contributed by atoms with E-state index in [-0.39, 0.29) is 15.3 Å². The van der Waals surface area contributed by atoms with Gasteiger partial charge >= 0.3 is 0 Å². The smallest absolute Gasteiger partial charge is 0.298 e. The maximum atomic E-state index is 12.3. The summed E-state index contributed by atoms with van der Waals surface area (Å²) in [6.45, 7) is 8.67. The highest BCUT2D eigenvalue weighted by atomic mass is 32.2. The van der Waals surface area contributed by atoms with Crippen LogP contribution in [0.2, 0.25) is 0 Å². The number of fused-ring (bicyclic) bond motifs is 1. The van der Waals surface area contributed by atoms with E-state index >= 15 is 0 Å². The Hall–Kier alpha value is -1.61. The number of amides is 1. The van der Waals surface area contributed by atoms with E-state index in [0.717, 1.165) is 34.5 Å². The van der Waals surface area contributed by atoms with E-state index in [1.54, 1.807) is 7.05 Å². The molecule has 1 fully saturated rings. The first-order valence-corrected chi connectivity index (χ1v) is 9.59. The fraction of sp³-hybridized carbons (Fsp3) is 0.556. The molecule has 0 aliphatic carbocycles. The summed E-state index contributed by atoms with van der Waals surface area (Å²) >= 11 is 1.15. The molecule has 1 aliphatic heterocycles. The maximum Gasteiger partial charge on any atom is 0.298 e. The van der Waals surface area contributed by atoms with Gasteiger partial charge in [0.15, 0.2) is 0 Å². The van der Waals surface area contributed by atoms with Crippen LogP contribution in [-0.2, 0) is 12.5 Å². The van der Waals surface area contributed by atoms with E-state index in [9.17, 15) is 10.0 Å². The average molecular weight is 378 g/mol. The Bertz CT molecular complexity index is 815. The van der Waals surface area contributed by atoms with Gasteiger partial charge in [0, 0.05) is 30.1 Å². The molecule has 0 atom stereocenters. The number of quaternary nitrogens is 1. The zero-order valence-electron chi connectivity index (χ0n) is 16.1. The minimum Gasteiger partial charge on any atom is -0.633 e. The number of piperazine rings is 1. The molecule has 1 aliphatic rings. The molecule has 1 saturated heterocycles. The molecule has 0 radical (unpaired) electrons. The Balaban J connectivity index is 1.69. The van der Waals surface area contributed by atoms with E-state index < -0.39 is 0 Å². The molecule has 2 aromatic rings. The molecule has 1 amide bonds. The number of hydroxylamine groups is 3. The van der Waals surface area contributed by atoms with Gasteiger partial charge in [0.25, 0.3) is 5.24 Å². The van der Waals surface area contributed by atoms with Crippen molar-refractivity contribution in [3.8, 4) is 0 Å². The molecular weight excluding hydrogens is 350 g/mol. The van der Waals surface area contributed by atoms with Crippen molar-refractivity contribution in [2.24, 2.45) is 7.05 Å². The number of carbonyl (C=O) groups is 1. The predicted octanol–water partition coefficient (Wildman–Crippen LogP) is 3.31. The molecule has 2 heterocycles. The SMILES string of the molecule is Cn1c(C(C)(C)C)nc2ccc(NC(=O)SN3CC[N+](C)([O-])CC3)cc21. The molecule has 1 N–H and O–H groups in total. The number of rotatable bonds is 2. The summed E-state index contributed by atoms with van der Waals surface area (Å²) in [7, 11) is 3.68. The summed E-state index contributed by atoms with van der Waals surface area (Å²) in [4.78, 5) is 17.0. The molecule has 0 spiro atoms. The molecule has 8 heteroatoms. The van der Waals surface area contributed by atoms with Gasteiger partial charge in [0.2, 0.25) is 0 Å². The predicted molar refractivity (Wildman–Crippen MR) is 107 cm³/mol. The van der Waals surface area contributed by atoms with Crippen molar-refractivity contribution in [2.75, 3.05) is 38.5 Å². The molecule has 1 aromatic carbocycles. The topological polar surface area (TPSA) is 73.2 Å². The van der Waals surface area contributed by atoms with Crippen LogP contribution < -0.4 is 5.32 Å². The maximum absolute atomic E-state index is 12.3. The molecular formula is C18H27N5O2S. The van der Waals surface area contributed by atoms with Gasteiger partial charge in [0.1, 0.15) is 5.82 Å². The molecule has 0 unspecified atom stereocenters. The quantitative estimate of drug-likeness (QED) is 0.494. The van der Waals surface area contributed by atoms with Crippen LogP contribution in [0.1, 0.15) is 26.6 Å². The molecule has 0 bridgehead atoms. The van der Waals surface area contributed by atoms with Gasteiger partial charge in [-0.1, -0.05) is 20.8 Å². The lowest BCUT2D eigenvalue weighted by Crippen LogP contribution is -2.52. The van der Waals surface area contributed by atoms with Gasteiger partial charge in [-0.2, -0.15) is 0 Å². The lowest BCUT2D eigenvalue weighted by Gasteiger charge is -2.44. The fourth-order valence-electron chi connectivity index (χ4n) is 3.16. The van der Waals surface area contributed by atoms with Crippen LogP contribution >= 0.6 is 11.9 Å². The van der Waals surface area contributed by atoms with Gasteiger partial charge in [-0.05, 0) is 18.2 Å². The number of benzene rings is 1. The minimum absolute atomic E-state index is 0.0458. The number of nitrogens with one attached hydrogen (secondary N) is 1. The lowest BCUT2D eigenvalue weighted by atomic mass is 9.96. The standard InChI is InChI=1S/C18H27N5O2S/c1-18(2,3)16-20-14-7-6-13(12-15(14)21(16)4)19-17(24)26-22-8-10-23(5,25)11-9-22/h6-7,12H,8-11H2,1-5H3,(H,19,24). The summed E-state index contributed by atoms with van der Waals surface area (Å²) in [6.07, 6.45) is 0. The molecule has 26 heavy (non-hydrogen) atoms. The molecule has 7 nitrogen and oxygen atoms in total. The average Bonchev–Trinajstić information content (AvgIpc) is 2.86. The van der Waals surface area contributed by atoms with Crippen molar-refractivity contribution in [3.63, 3.8) is 0 Å². The van der Waals surface area contributed by atoms with E-state index in [2.05, 4.69) is 30.7 Å². The van der Waals surface area contributed by atoms with E-state index in [4.69, 9.17) is 4.98 Å². The van der Waals surface area contributed by atoms with Crippen LogP contribution in [0, 0.1) is 5.21 Å². The van der Waals surface area contributed by atoms with Crippen LogP contribution in [0.4, 0.5) is 10.5 Å². The van der Waals surface area contributed by atoms with Crippen molar-refractivity contribution in [1.82, 2.24) is 13.9 Å². The normalized spacial score (nSPS) is 18.2. The second kappa shape index (κ2) is 6.84. The highest BCUT2D eigenvalue weighted by Crippen LogP contribution is 2.27. The zero-order chi connectivity index (χ0) is 19.1. The summed E-state index contributed by atoms with van der Waals surface area (Å²) < 4.78 is 3.80. The Morgan fingerprint density at radius 1 is 1.31 bits per heavy atom. The molecule has 1 aromatic heterocycles. The van der Waals surface area contributed by atoms with Gasteiger partial charge in [-0.25, -0.2) is 9.29 Å². The van der Waals surface area contributed by atoms with Gasteiger partial charge < -0.3 is 19.7 Å². The Labute approximate surface area is 158 Å². The summed E-state index contributed by atoms with van der Waals surface area (Å²) in [5.41, 5.74) is 2.62. The van der Waals surface area contributed by atoms with Gasteiger partial charge in [0.05, 0.1) is 44.3 Å². The number of imidazole rings is 1. The number of aryl methyl sites for hydroxylation is 1. The Morgan fingerprint density at radius 3 is 2.58 bits per heavy atom. The summed E-state index contributed by atoms with van der Waals surface area (Å²) in [6, 6.07) is 5.77. The first-order valence-electron chi connectivity index (χ1n) is 8.82. The lowest BCUT2D eigenvalue weighted by molar-refractivity contribution is -0.864. The number of hydrogen-bond acceptors (Lipinski definition) is 5. The zero-order valence-corrected chi connectivity index (χ0v) is 16.9. The van der Waals surface area contributed by atoms with Crippen molar-refractivity contribution >= 4 is 33.9 Å². The number of hydrogen-bond donors (Lipinski definition) is 1. The third-order valence-electron chi connectivity index (χ3n) is 4.65. The van der Waals surface area contributed by atoms with Crippen LogP contribution in [0.25, 0.3) is 11.0 Å². The van der Waals surface area contributed by atoms with Gasteiger partial charge in [-0.3, -0.25) is 4.79 Å². The highest BCUT2D eigenvalue weighted by Gasteiger charge is 2.24. The number of likely N-dealkylation sites (N-methyl/N-ethyl adjacent to an activating group) is 1. The first kappa shape index (κ1) is 19.2. The summed E-state index contributed by atoms with van der Waals surface area (Å²) in [5.74, 6) is 1.01. The van der Waals surface area contributed by atoms with Crippen LogP contribution in [-0.4, -0.2) is 57.0 Å². The highest BCUT2D eigenvalue weighted by molar-refractivity contribution is 8.11. The second-order valence-corrected chi connectivity index (χ2v) is 9.19. The fourth-order valence-corrected chi connectivity index (χ4v) is 3.90. The van der Waals surface area contributed by atoms with Crippen molar-refractivity contribution in [1.29, 1.82) is 0 Å². The molecule has 0 saturated carbocycles. The number of nitrogens with zero attached hydrogens (tertiary/aromatic N) is 4. The number of carbonyl (C=O) groups excluding carboxylic acids is 1. The second-order valence-electron chi connectivity index (χ2n) is 8.12. The van der Waals surface area contributed by atoms with Crippen LogP contribution in [0.15, 0.2) is 18.2 Å². The molecule has 3 rings (SSSR count). The van der Waals surface area contributed by atoms with Crippen molar-refractivity contribution in [2.45, 2.75) is 26.2 Å². The van der Waals surface area contributed by atoms with Gasteiger partial charge in [-0.15, -0.1) is 0 Å². The van der Waals surface area contributed by atoms with Crippen molar-refractivity contribution < 1.29 is 9.44 Å².